The van der Waals surface area contributed by atoms with Crippen LogP contribution in [-0.4, -0.2) is 96.8 Å². The molecule has 1 aliphatic carbocycles. The summed E-state index contributed by atoms with van der Waals surface area (Å²) in [6, 6.07) is -0.782. The molecule has 12 heteroatoms. The number of nitrogens with two attached hydrogens (primary N) is 2. The number of ketones is 1. The number of thioether (sulfide) groups is 1. The summed E-state index contributed by atoms with van der Waals surface area (Å²) in [5.41, 5.74) is 12.2. The molecular formula is C23H43IN4O6S. The smallest absolute Gasteiger partial charge is 0.280 e. The number of nitrogens with one attached hydrogen (secondary N) is 2. The Morgan fingerprint density at radius 1 is 1.00 bits per heavy atom. The maximum absolute atomic E-state index is 12.0. The number of aliphatic hydroxyl groups is 1. The lowest BCUT2D eigenvalue weighted by Gasteiger charge is -2.21. The number of halogens is 1. The van der Waals surface area contributed by atoms with E-state index < -0.39 is 12.3 Å². The minimum atomic E-state index is -0.510. The zero-order valence-corrected chi connectivity index (χ0v) is 23.5. The monoisotopic (exact) mass is 630 g/mol. The first-order valence-electron chi connectivity index (χ1n) is 12.7. The number of unbranched alkanes of at least 4 members (excludes halogenated alkanes) is 1. The Balaban J connectivity index is 1.32. The van der Waals surface area contributed by atoms with Crippen LogP contribution in [0.25, 0.3) is 0 Å². The van der Waals surface area contributed by atoms with Crippen LogP contribution >= 0.6 is 34.4 Å². The van der Waals surface area contributed by atoms with Crippen molar-refractivity contribution >= 4 is 44.0 Å². The highest BCUT2D eigenvalue weighted by Crippen LogP contribution is 2.46. The minimum absolute atomic E-state index is 0.0265. The van der Waals surface area contributed by atoms with Crippen molar-refractivity contribution in [3.8, 4) is 0 Å². The van der Waals surface area contributed by atoms with Gasteiger partial charge in [-0.25, -0.2) is 0 Å². The number of Topliss-reactive ketones (excluding diaryl/α,β-unsaturated/α-hetero) is 1. The SMILES string of the molecule is NC1C(=O)C(N)C2C(CCCCC(O)NCCCOCCOCCOCCCNC(=O)I)SCC12. The van der Waals surface area contributed by atoms with E-state index in [0.717, 1.165) is 37.9 Å². The summed E-state index contributed by atoms with van der Waals surface area (Å²) >= 11 is 3.61. The topological polar surface area (TPSA) is 158 Å². The quantitative estimate of drug-likeness (QED) is 0.0433. The molecule has 1 amide bonds. The molecule has 6 atom stereocenters. The molecule has 2 fully saturated rings. The third-order valence-electron chi connectivity index (χ3n) is 6.49. The summed E-state index contributed by atoms with van der Waals surface area (Å²) in [6.45, 7) is 4.65. The summed E-state index contributed by atoms with van der Waals surface area (Å²) in [5, 5.41) is 16.4. The summed E-state index contributed by atoms with van der Waals surface area (Å²) in [7, 11) is 0. The van der Waals surface area contributed by atoms with Crippen LogP contribution in [0.4, 0.5) is 4.79 Å². The normalized spacial score (nSPS) is 26.7. The van der Waals surface area contributed by atoms with Gasteiger partial charge in [0.15, 0.2) is 5.78 Å². The van der Waals surface area contributed by atoms with Crippen LogP contribution in [0.2, 0.25) is 0 Å². The first kappa shape index (κ1) is 31.2. The van der Waals surface area contributed by atoms with Gasteiger partial charge in [0.1, 0.15) is 6.23 Å². The van der Waals surface area contributed by atoms with Crippen molar-refractivity contribution in [3.63, 3.8) is 0 Å². The molecule has 0 aromatic rings. The van der Waals surface area contributed by atoms with Gasteiger partial charge in [0.05, 0.1) is 38.5 Å². The molecular weight excluding hydrogens is 587 g/mol. The molecule has 7 N–H and O–H groups in total. The fourth-order valence-electron chi connectivity index (χ4n) is 4.60. The molecule has 0 aromatic carbocycles. The highest BCUT2D eigenvalue weighted by molar-refractivity contribution is 14.1. The number of carbonyl (C=O) groups excluding carboxylic acids is 2. The Hall–Kier alpha value is -0.0600. The lowest BCUT2D eigenvalue weighted by atomic mass is 9.89. The molecule has 1 heterocycles. The Bertz CT molecular complexity index is 623. The molecule has 0 aromatic heterocycles. The van der Waals surface area contributed by atoms with E-state index in [2.05, 4.69) is 10.6 Å². The maximum atomic E-state index is 12.0. The Morgan fingerprint density at radius 2 is 1.63 bits per heavy atom. The van der Waals surface area contributed by atoms with Crippen molar-refractivity contribution in [1.82, 2.24) is 10.6 Å². The number of ether oxygens (including phenoxy) is 3. The fraction of sp³-hybridized carbons (Fsp3) is 0.913. The Labute approximate surface area is 226 Å². The first-order chi connectivity index (χ1) is 16.9. The minimum Gasteiger partial charge on any atom is -0.379 e. The number of aliphatic hydroxyl groups excluding tert-OH is 1. The van der Waals surface area contributed by atoms with Crippen LogP contribution in [-0.2, 0) is 19.0 Å². The van der Waals surface area contributed by atoms with Crippen LogP contribution in [0.3, 0.4) is 0 Å². The number of hydrogen-bond donors (Lipinski definition) is 5. The molecule has 1 saturated heterocycles. The van der Waals surface area contributed by atoms with Gasteiger partial charge in [-0.05, 0) is 56.2 Å². The first-order valence-corrected chi connectivity index (χ1v) is 14.8. The van der Waals surface area contributed by atoms with Gasteiger partial charge in [-0.15, -0.1) is 0 Å². The molecule has 10 nitrogen and oxygen atoms in total. The average molecular weight is 631 g/mol. The van der Waals surface area contributed by atoms with Crippen molar-refractivity contribution in [1.29, 1.82) is 0 Å². The lowest BCUT2D eigenvalue weighted by molar-refractivity contribution is -0.120. The van der Waals surface area contributed by atoms with Crippen molar-refractivity contribution in [2.24, 2.45) is 23.3 Å². The molecule has 204 valence electrons. The Morgan fingerprint density at radius 3 is 2.29 bits per heavy atom. The van der Waals surface area contributed by atoms with Gasteiger partial charge >= 0.3 is 0 Å². The van der Waals surface area contributed by atoms with Crippen molar-refractivity contribution < 1.29 is 28.9 Å². The molecule has 2 aliphatic rings. The standard InChI is InChI=1S/C23H43IN4O6S/c24-23(31)28-8-4-10-33-12-14-34-13-11-32-9-3-7-27-18(29)6-2-1-5-17-19-16(15-35-17)20(25)22(30)21(19)26/h16-21,27,29H,1-15,25-26H2,(H,28,31). The van der Waals surface area contributed by atoms with E-state index in [1.165, 1.54) is 0 Å². The molecule has 0 radical (unpaired) electrons. The molecule has 6 unspecified atom stereocenters. The largest absolute Gasteiger partial charge is 0.379 e. The zero-order chi connectivity index (χ0) is 25.5. The highest BCUT2D eigenvalue weighted by atomic mass is 127. The van der Waals surface area contributed by atoms with Gasteiger partial charge in [0.25, 0.3) is 3.91 Å². The second kappa shape index (κ2) is 18.2. The van der Waals surface area contributed by atoms with Crippen molar-refractivity contribution in [3.05, 3.63) is 0 Å². The fourth-order valence-corrected chi connectivity index (χ4v) is 6.70. The molecule has 1 saturated carbocycles. The van der Waals surface area contributed by atoms with Crippen LogP contribution < -0.4 is 22.1 Å². The maximum Gasteiger partial charge on any atom is 0.280 e. The molecule has 0 bridgehead atoms. The lowest BCUT2D eigenvalue weighted by Crippen LogP contribution is -2.39. The van der Waals surface area contributed by atoms with Crippen LogP contribution in [0.15, 0.2) is 0 Å². The van der Waals surface area contributed by atoms with Gasteiger partial charge in [-0.1, -0.05) is 6.42 Å². The summed E-state index contributed by atoms with van der Waals surface area (Å²) in [6.07, 6.45) is 4.78. The average Bonchev–Trinajstić information content (AvgIpc) is 3.34. The predicted octanol–water partition coefficient (Wildman–Crippen LogP) is 1.01. The zero-order valence-electron chi connectivity index (χ0n) is 20.5. The second-order valence-corrected chi connectivity index (χ2v) is 11.3. The van der Waals surface area contributed by atoms with Crippen molar-refractivity contribution in [2.45, 2.75) is 62.1 Å². The van der Waals surface area contributed by atoms with E-state index in [4.69, 9.17) is 25.7 Å². The summed E-state index contributed by atoms with van der Waals surface area (Å²) in [5.74, 6) is 1.42. The summed E-state index contributed by atoms with van der Waals surface area (Å²) < 4.78 is 16.3. The number of rotatable bonds is 20. The van der Waals surface area contributed by atoms with E-state index in [-0.39, 0.29) is 27.6 Å². The van der Waals surface area contributed by atoms with Crippen LogP contribution in [0, 0.1) is 11.8 Å². The van der Waals surface area contributed by atoms with E-state index in [0.29, 0.717) is 64.4 Å². The predicted molar refractivity (Wildman–Crippen MR) is 146 cm³/mol. The number of hydrogen-bond acceptors (Lipinski definition) is 10. The van der Waals surface area contributed by atoms with Gasteiger partial charge in [0.2, 0.25) is 0 Å². The van der Waals surface area contributed by atoms with Gasteiger partial charge in [-0.3, -0.25) is 14.9 Å². The van der Waals surface area contributed by atoms with Gasteiger partial charge in [0, 0.05) is 47.6 Å². The van der Waals surface area contributed by atoms with E-state index in [1.54, 1.807) is 22.6 Å². The van der Waals surface area contributed by atoms with E-state index in [9.17, 15) is 14.7 Å². The van der Waals surface area contributed by atoms with Crippen LogP contribution in [0.5, 0.6) is 0 Å². The van der Waals surface area contributed by atoms with Crippen molar-refractivity contribution in [2.75, 3.05) is 58.5 Å². The second-order valence-electron chi connectivity index (χ2n) is 9.07. The number of fused-ring (bicyclic) bond motifs is 1. The van der Waals surface area contributed by atoms with Gasteiger partial charge < -0.3 is 36.1 Å². The molecule has 35 heavy (non-hydrogen) atoms. The third kappa shape index (κ3) is 11.9. The molecule has 0 spiro atoms. The Kier molecular flexibility index (Phi) is 16.2. The summed E-state index contributed by atoms with van der Waals surface area (Å²) in [4.78, 5) is 22.7. The molecule has 2 rings (SSSR count). The molecule has 1 aliphatic heterocycles. The van der Waals surface area contributed by atoms with Gasteiger partial charge in [-0.2, -0.15) is 11.8 Å². The third-order valence-corrected chi connectivity index (χ3v) is 8.43. The highest BCUT2D eigenvalue weighted by Gasteiger charge is 2.53. The number of carbonyl (C=O) groups is 2. The number of amides is 1. The van der Waals surface area contributed by atoms with Crippen LogP contribution in [0.1, 0.15) is 38.5 Å². The van der Waals surface area contributed by atoms with E-state index in [1.807, 2.05) is 11.8 Å². The van der Waals surface area contributed by atoms with E-state index >= 15 is 0 Å².